The van der Waals surface area contributed by atoms with E-state index in [1.807, 2.05) is 12.1 Å². The standard InChI is InChI=1S/C14H16O2/c15-7-5-13-9-11-3-1-2-4-12(11)10-14(13)6-8-16/h1-4,9-10,15-16H,5-8H2. The zero-order valence-electron chi connectivity index (χ0n) is 9.19. The first kappa shape index (κ1) is 11.1. The minimum absolute atomic E-state index is 0.150. The van der Waals surface area contributed by atoms with E-state index in [-0.39, 0.29) is 13.2 Å². The van der Waals surface area contributed by atoms with Crippen LogP contribution in [0.25, 0.3) is 10.8 Å². The highest BCUT2D eigenvalue weighted by Crippen LogP contribution is 2.21. The van der Waals surface area contributed by atoms with Crippen molar-refractivity contribution in [2.75, 3.05) is 13.2 Å². The quantitative estimate of drug-likeness (QED) is 0.819. The fraction of sp³-hybridized carbons (Fsp3) is 0.286. The third-order valence-electron chi connectivity index (χ3n) is 2.83. The van der Waals surface area contributed by atoms with Gasteiger partial charge in [-0.15, -0.1) is 0 Å². The van der Waals surface area contributed by atoms with E-state index in [1.165, 1.54) is 10.8 Å². The Balaban J connectivity index is 2.51. The molecule has 0 aliphatic heterocycles. The van der Waals surface area contributed by atoms with E-state index in [0.717, 1.165) is 11.1 Å². The van der Waals surface area contributed by atoms with Crippen molar-refractivity contribution < 1.29 is 10.2 Å². The number of fused-ring (bicyclic) bond motifs is 1. The topological polar surface area (TPSA) is 40.5 Å². The molecule has 0 saturated heterocycles. The maximum atomic E-state index is 9.02. The Morgan fingerprint density at radius 2 is 1.19 bits per heavy atom. The Hall–Kier alpha value is -1.38. The van der Waals surface area contributed by atoms with Gasteiger partial charge < -0.3 is 10.2 Å². The molecule has 0 amide bonds. The lowest BCUT2D eigenvalue weighted by Crippen LogP contribution is -2.00. The van der Waals surface area contributed by atoms with Crippen LogP contribution in [0.3, 0.4) is 0 Å². The van der Waals surface area contributed by atoms with Crippen LogP contribution in [0.2, 0.25) is 0 Å². The summed E-state index contributed by atoms with van der Waals surface area (Å²) in [5.74, 6) is 0. The molecule has 0 aliphatic carbocycles. The Morgan fingerprint density at radius 3 is 1.56 bits per heavy atom. The van der Waals surface area contributed by atoms with E-state index in [4.69, 9.17) is 10.2 Å². The van der Waals surface area contributed by atoms with Gasteiger partial charge in [-0.05, 0) is 34.7 Å². The van der Waals surface area contributed by atoms with Gasteiger partial charge in [0.1, 0.15) is 0 Å². The minimum Gasteiger partial charge on any atom is -0.396 e. The molecule has 0 spiro atoms. The zero-order valence-corrected chi connectivity index (χ0v) is 9.19. The second-order valence-electron chi connectivity index (χ2n) is 3.92. The summed E-state index contributed by atoms with van der Waals surface area (Å²) in [5, 5.41) is 20.4. The van der Waals surface area contributed by atoms with Crippen molar-refractivity contribution in [1.29, 1.82) is 0 Å². The summed E-state index contributed by atoms with van der Waals surface area (Å²) < 4.78 is 0. The van der Waals surface area contributed by atoms with Gasteiger partial charge in [0.15, 0.2) is 0 Å². The smallest absolute Gasteiger partial charge is 0.0471 e. The molecule has 0 aliphatic rings. The summed E-state index contributed by atoms with van der Waals surface area (Å²) in [5.41, 5.74) is 2.27. The van der Waals surface area contributed by atoms with Gasteiger partial charge in [0.25, 0.3) is 0 Å². The molecule has 2 aromatic carbocycles. The van der Waals surface area contributed by atoms with Crippen LogP contribution in [-0.2, 0) is 12.8 Å². The van der Waals surface area contributed by atoms with Crippen LogP contribution in [0, 0.1) is 0 Å². The van der Waals surface area contributed by atoms with Crippen molar-refractivity contribution in [3.05, 3.63) is 47.5 Å². The molecule has 0 radical (unpaired) electrons. The second kappa shape index (κ2) is 5.10. The summed E-state index contributed by atoms with van der Waals surface area (Å²) in [6.07, 6.45) is 1.31. The molecule has 0 fully saturated rings. The molecule has 16 heavy (non-hydrogen) atoms. The molecule has 0 aromatic heterocycles. The molecule has 2 heteroatoms. The SMILES string of the molecule is OCCc1cc2ccccc2cc1CCO. The molecule has 2 nitrogen and oxygen atoms in total. The highest BCUT2D eigenvalue weighted by molar-refractivity contribution is 5.84. The number of benzene rings is 2. The third-order valence-corrected chi connectivity index (χ3v) is 2.83. The normalized spacial score (nSPS) is 10.9. The minimum atomic E-state index is 0.150. The van der Waals surface area contributed by atoms with Gasteiger partial charge in [-0.3, -0.25) is 0 Å². The van der Waals surface area contributed by atoms with Gasteiger partial charge in [0.2, 0.25) is 0 Å². The van der Waals surface area contributed by atoms with Crippen molar-refractivity contribution in [1.82, 2.24) is 0 Å². The van der Waals surface area contributed by atoms with Crippen LogP contribution >= 0.6 is 0 Å². The highest BCUT2D eigenvalue weighted by Gasteiger charge is 2.04. The molecule has 2 N–H and O–H groups in total. The lowest BCUT2D eigenvalue weighted by atomic mass is 9.97. The van der Waals surface area contributed by atoms with E-state index >= 15 is 0 Å². The average Bonchev–Trinajstić information content (AvgIpc) is 2.30. The second-order valence-corrected chi connectivity index (χ2v) is 3.92. The Labute approximate surface area is 95.2 Å². The fourth-order valence-corrected chi connectivity index (χ4v) is 2.04. The van der Waals surface area contributed by atoms with Crippen LogP contribution in [0.15, 0.2) is 36.4 Å². The van der Waals surface area contributed by atoms with Crippen LogP contribution in [0.5, 0.6) is 0 Å². The van der Waals surface area contributed by atoms with Gasteiger partial charge in [0.05, 0.1) is 0 Å². The van der Waals surface area contributed by atoms with Gasteiger partial charge >= 0.3 is 0 Å². The first-order valence-corrected chi connectivity index (χ1v) is 5.57. The lowest BCUT2D eigenvalue weighted by molar-refractivity contribution is 0.293. The van der Waals surface area contributed by atoms with E-state index in [9.17, 15) is 0 Å². The predicted molar refractivity (Wildman–Crippen MR) is 65.5 cm³/mol. The van der Waals surface area contributed by atoms with Gasteiger partial charge in [-0.1, -0.05) is 36.4 Å². The van der Waals surface area contributed by atoms with Crippen molar-refractivity contribution in [2.45, 2.75) is 12.8 Å². The number of aliphatic hydroxyl groups excluding tert-OH is 2. The van der Waals surface area contributed by atoms with Crippen molar-refractivity contribution >= 4 is 10.8 Å². The van der Waals surface area contributed by atoms with Crippen LogP contribution in [0.1, 0.15) is 11.1 Å². The largest absolute Gasteiger partial charge is 0.396 e. The van der Waals surface area contributed by atoms with Crippen LogP contribution < -0.4 is 0 Å². The molecule has 0 saturated carbocycles. The summed E-state index contributed by atoms with van der Waals surface area (Å²) in [6, 6.07) is 12.4. The molecular formula is C14H16O2. The zero-order chi connectivity index (χ0) is 11.4. The van der Waals surface area contributed by atoms with Gasteiger partial charge in [0, 0.05) is 13.2 Å². The van der Waals surface area contributed by atoms with E-state index in [2.05, 4.69) is 24.3 Å². The average molecular weight is 216 g/mol. The molecule has 0 atom stereocenters. The number of rotatable bonds is 4. The van der Waals surface area contributed by atoms with Gasteiger partial charge in [-0.2, -0.15) is 0 Å². The molecule has 84 valence electrons. The molecule has 0 bridgehead atoms. The molecule has 2 aromatic rings. The Kier molecular flexibility index (Phi) is 3.54. The third kappa shape index (κ3) is 2.23. The maximum Gasteiger partial charge on any atom is 0.0471 e. The van der Waals surface area contributed by atoms with E-state index in [1.54, 1.807) is 0 Å². The Morgan fingerprint density at radius 1 is 0.750 bits per heavy atom. The van der Waals surface area contributed by atoms with Crippen molar-refractivity contribution in [2.24, 2.45) is 0 Å². The highest BCUT2D eigenvalue weighted by atomic mass is 16.3. The summed E-state index contributed by atoms with van der Waals surface area (Å²) in [7, 11) is 0. The maximum absolute atomic E-state index is 9.02. The van der Waals surface area contributed by atoms with Crippen LogP contribution in [-0.4, -0.2) is 23.4 Å². The number of hydrogen-bond acceptors (Lipinski definition) is 2. The lowest BCUT2D eigenvalue weighted by Gasteiger charge is -2.09. The van der Waals surface area contributed by atoms with Crippen molar-refractivity contribution in [3.63, 3.8) is 0 Å². The van der Waals surface area contributed by atoms with Crippen molar-refractivity contribution in [3.8, 4) is 0 Å². The predicted octanol–water partition coefficient (Wildman–Crippen LogP) is 1.91. The van der Waals surface area contributed by atoms with Gasteiger partial charge in [-0.25, -0.2) is 0 Å². The first-order chi connectivity index (χ1) is 7.85. The number of hydrogen-bond donors (Lipinski definition) is 2. The summed E-state index contributed by atoms with van der Waals surface area (Å²) in [6.45, 7) is 0.299. The summed E-state index contributed by atoms with van der Waals surface area (Å²) in [4.78, 5) is 0. The summed E-state index contributed by atoms with van der Waals surface area (Å²) >= 11 is 0. The Bertz CT molecular complexity index is 433. The molecular weight excluding hydrogens is 200 g/mol. The molecule has 2 rings (SSSR count). The van der Waals surface area contributed by atoms with E-state index in [0.29, 0.717) is 12.8 Å². The molecule has 0 unspecified atom stereocenters. The molecule has 0 heterocycles. The number of aliphatic hydroxyl groups is 2. The fourth-order valence-electron chi connectivity index (χ4n) is 2.04. The van der Waals surface area contributed by atoms with E-state index < -0.39 is 0 Å². The first-order valence-electron chi connectivity index (χ1n) is 5.57. The van der Waals surface area contributed by atoms with Crippen LogP contribution in [0.4, 0.5) is 0 Å². The monoisotopic (exact) mass is 216 g/mol.